The molecule has 2 N–H and O–H groups in total. The van der Waals surface area contributed by atoms with Crippen molar-refractivity contribution in [3.63, 3.8) is 0 Å². The molecular weight excluding hydrogens is 512 g/mol. The fraction of sp³-hybridized carbons (Fsp3) is 0.360. The van der Waals surface area contributed by atoms with Crippen LogP contribution in [0.5, 0.6) is 0 Å². The van der Waals surface area contributed by atoms with Gasteiger partial charge in [-0.15, -0.1) is 0 Å². The van der Waals surface area contributed by atoms with Crippen molar-refractivity contribution in [2.45, 2.75) is 44.1 Å². The van der Waals surface area contributed by atoms with Crippen molar-refractivity contribution < 1.29 is 41.5 Å². The van der Waals surface area contributed by atoms with Crippen LogP contribution in [0.3, 0.4) is 0 Å². The smallest absolute Gasteiger partial charge is 0.418 e. The number of carbonyl (C=O) groups is 4. The lowest BCUT2D eigenvalue weighted by atomic mass is 9.94. The molecule has 0 saturated carbocycles. The summed E-state index contributed by atoms with van der Waals surface area (Å²) in [6.45, 7) is -0.729. The van der Waals surface area contributed by atoms with E-state index in [0.29, 0.717) is 33.0 Å². The van der Waals surface area contributed by atoms with Crippen LogP contribution in [0.15, 0.2) is 42.5 Å². The van der Waals surface area contributed by atoms with Gasteiger partial charge in [0.25, 0.3) is 5.91 Å². The molecule has 1 unspecified atom stereocenters. The summed E-state index contributed by atoms with van der Waals surface area (Å²) in [6.07, 6.45) is -5.54. The van der Waals surface area contributed by atoms with E-state index < -0.39 is 60.7 Å². The maximum absolute atomic E-state index is 13.6. The summed E-state index contributed by atoms with van der Waals surface area (Å²) < 4.78 is 59.5. The molecule has 13 heteroatoms. The summed E-state index contributed by atoms with van der Waals surface area (Å²) >= 11 is 0. The van der Waals surface area contributed by atoms with E-state index in [9.17, 15) is 36.7 Å². The highest BCUT2D eigenvalue weighted by molar-refractivity contribution is 6.06. The predicted octanol–water partition coefficient (Wildman–Crippen LogP) is 3.68. The molecule has 0 radical (unpaired) electrons. The van der Waals surface area contributed by atoms with Gasteiger partial charge in [-0.05, 0) is 48.7 Å². The van der Waals surface area contributed by atoms with E-state index in [-0.39, 0.29) is 12.0 Å². The second kappa shape index (κ2) is 9.95. The van der Waals surface area contributed by atoms with Crippen molar-refractivity contribution >= 4 is 29.6 Å². The van der Waals surface area contributed by atoms with E-state index in [1.54, 1.807) is 12.1 Å². The van der Waals surface area contributed by atoms with E-state index in [1.165, 1.54) is 25.2 Å². The van der Waals surface area contributed by atoms with E-state index in [4.69, 9.17) is 4.74 Å². The van der Waals surface area contributed by atoms with Gasteiger partial charge in [0.05, 0.1) is 0 Å². The van der Waals surface area contributed by atoms with Crippen LogP contribution in [-0.4, -0.2) is 59.5 Å². The number of fused-ring (bicyclic) bond motifs is 2. The van der Waals surface area contributed by atoms with E-state index in [2.05, 4.69) is 10.6 Å². The number of anilines is 1. The number of amides is 5. The van der Waals surface area contributed by atoms with Gasteiger partial charge < -0.3 is 20.3 Å². The lowest BCUT2D eigenvalue weighted by Gasteiger charge is -2.31. The van der Waals surface area contributed by atoms with Crippen LogP contribution in [0.2, 0.25) is 0 Å². The normalized spacial score (nSPS) is 19.3. The fourth-order valence-corrected chi connectivity index (χ4v) is 4.53. The summed E-state index contributed by atoms with van der Waals surface area (Å²) in [5.74, 6) is -2.63. The number of ether oxygens (including phenoxy) is 1. The molecule has 1 aliphatic carbocycles. The predicted molar refractivity (Wildman–Crippen MR) is 125 cm³/mol. The summed E-state index contributed by atoms with van der Waals surface area (Å²) in [7, 11) is 1.42. The molecule has 1 aliphatic heterocycles. The number of hydrogen-bond donors (Lipinski definition) is 2. The monoisotopic (exact) mass is 536 g/mol. The number of urea groups is 1. The molecule has 1 heterocycles. The number of rotatable bonds is 6. The maximum atomic E-state index is 13.6. The zero-order chi connectivity index (χ0) is 27.8. The first kappa shape index (κ1) is 26.9. The SMILES string of the molecule is CNC(=O)Nc1ccc2c(c1)[C@]1(CC2)OC(=O)N(CC(=O)N(Cc2ccc(F)cc2)C(C)C(F)(F)F)C1=O. The fourth-order valence-electron chi connectivity index (χ4n) is 4.53. The standard InChI is InChI=1S/C25H24F4N4O5/c1-14(25(27,28)29)32(12-15-3-6-17(26)7-4-15)20(34)13-33-21(35)24(38-23(33)37)10-9-16-5-8-18(11-19(16)24)31-22(36)30-2/h3-8,11,14H,9-10,12-13H2,1-2H3,(H2,30,31,36)/t14?,24-/m0/s1. The molecule has 38 heavy (non-hydrogen) atoms. The van der Waals surface area contributed by atoms with Crippen LogP contribution in [-0.2, 0) is 32.9 Å². The first-order valence-corrected chi connectivity index (χ1v) is 11.6. The summed E-state index contributed by atoms with van der Waals surface area (Å²) in [6, 6.07) is 6.57. The number of aryl methyl sites for hydroxylation is 1. The molecule has 1 saturated heterocycles. The maximum Gasteiger partial charge on any atom is 0.418 e. The van der Waals surface area contributed by atoms with Gasteiger partial charge in [0.15, 0.2) is 0 Å². The number of halogens is 4. The third-order valence-corrected chi connectivity index (χ3v) is 6.67. The van der Waals surface area contributed by atoms with Crippen LogP contribution in [0, 0.1) is 5.82 Å². The van der Waals surface area contributed by atoms with Crippen LogP contribution in [0.1, 0.15) is 30.0 Å². The lowest BCUT2D eigenvalue weighted by molar-refractivity contribution is -0.187. The molecule has 0 bridgehead atoms. The number of imide groups is 1. The van der Waals surface area contributed by atoms with Crippen LogP contribution in [0.25, 0.3) is 0 Å². The topological polar surface area (TPSA) is 108 Å². The van der Waals surface area contributed by atoms with Gasteiger partial charge in [0.2, 0.25) is 11.5 Å². The van der Waals surface area contributed by atoms with Gasteiger partial charge in [-0.3, -0.25) is 9.59 Å². The van der Waals surface area contributed by atoms with Crippen molar-refractivity contribution in [2.75, 3.05) is 18.9 Å². The summed E-state index contributed by atoms with van der Waals surface area (Å²) in [4.78, 5) is 52.0. The Morgan fingerprint density at radius 2 is 1.84 bits per heavy atom. The number of alkyl halides is 3. The number of benzene rings is 2. The third-order valence-electron chi connectivity index (χ3n) is 6.67. The van der Waals surface area contributed by atoms with Gasteiger partial charge in [0, 0.05) is 31.3 Å². The molecular formula is C25H24F4N4O5. The summed E-state index contributed by atoms with van der Waals surface area (Å²) in [5.41, 5.74) is -0.197. The molecule has 202 valence electrons. The zero-order valence-corrected chi connectivity index (χ0v) is 20.4. The quantitative estimate of drug-likeness (QED) is 0.548. The Labute approximate surface area is 214 Å². The highest BCUT2D eigenvalue weighted by Gasteiger charge is 2.58. The Hall–Kier alpha value is -4.16. The Bertz CT molecular complexity index is 1280. The molecule has 1 spiro atoms. The average Bonchev–Trinajstić information content (AvgIpc) is 3.34. The molecule has 9 nitrogen and oxygen atoms in total. The minimum atomic E-state index is -4.80. The van der Waals surface area contributed by atoms with Gasteiger partial charge in [-0.1, -0.05) is 18.2 Å². The molecule has 5 amide bonds. The first-order chi connectivity index (χ1) is 17.9. The second-order valence-corrected chi connectivity index (χ2v) is 9.03. The van der Waals surface area contributed by atoms with E-state index >= 15 is 0 Å². The Morgan fingerprint density at radius 3 is 2.47 bits per heavy atom. The van der Waals surface area contributed by atoms with Crippen LogP contribution < -0.4 is 10.6 Å². The number of carbonyl (C=O) groups excluding carboxylic acids is 4. The molecule has 2 aromatic carbocycles. The van der Waals surface area contributed by atoms with Gasteiger partial charge in [0.1, 0.15) is 18.4 Å². The van der Waals surface area contributed by atoms with Gasteiger partial charge in [-0.25, -0.2) is 18.9 Å². The molecule has 4 rings (SSSR count). The van der Waals surface area contributed by atoms with Gasteiger partial charge in [-0.2, -0.15) is 13.2 Å². The van der Waals surface area contributed by atoms with Crippen LogP contribution >= 0.6 is 0 Å². The second-order valence-electron chi connectivity index (χ2n) is 9.03. The molecule has 1 fully saturated rings. The molecule has 0 aromatic heterocycles. The Morgan fingerprint density at radius 1 is 1.16 bits per heavy atom. The van der Waals surface area contributed by atoms with Gasteiger partial charge >= 0.3 is 18.3 Å². The number of nitrogens with one attached hydrogen (secondary N) is 2. The number of nitrogens with zero attached hydrogens (tertiary/aromatic N) is 2. The van der Waals surface area contributed by atoms with E-state index in [0.717, 1.165) is 19.1 Å². The average molecular weight is 536 g/mol. The molecule has 2 atom stereocenters. The highest BCUT2D eigenvalue weighted by Crippen LogP contribution is 2.46. The number of hydrogen-bond acceptors (Lipinski definition) is 5. The minimum Gasteiger partial charge on any atom is -0.427 e. The molecule has 2 aliphatic rings. The first-order valence-electron chi connectivity index (χ1n) is 11.6. The van der Waals surface area contributed by atoms with Crippen molar-refractivity contribution in [3.8, 4) is 0 Å². The third kappa shape index (κ3) is 5.00. The Balaban J connectivity index is 1.59. The van der Waals surface area contributed by atoms with Crippen molar-refractivity contribution in [1.82, 2.24) is 15.1 Å². The van der Waals surface area contributed by atoms with Crippen molar-refractivity contribution in [2.24, 2.45) is 0 Å². The Kier molecular flexibility index (Phi) is 7.04. The molecule has 2 aromatic rings. The zero-order valence-electron chi connectivity index (χ0n) is 20.4. The van der Waals surface area contributed by atoms with Crippen LogP contribution in [0.4, 0.5) is 32.8 Å². The van der Waals surface area contributed by atoms with Crippen molar-refractivity contribution in [1.29, 1.82) is 0 Å². The van der Waals surface area contributed by atoms with E-state index in [1.807, 2.05) is 0 Å². The minimum absolute atomic E-state index is 0.0687. The highest BCUT2D eigenvalue weighted by atomic mass is 19.4. The van der Waals surface area contributed by atoms with Crippen molar-refractivity contribution in [3.05, 3.63) is 65.0 Å². The summed E-state index contributed by atoms with van der Waals surface area (Å²) in [5, 5.41) is 4.94. The lowest BCUT2D eigenvalue weighted by Crippen LogP contribution is -2.51. The largest absolute Gasteiger partial charge is 0.427 e.